The van der Waals surface area contributed by atoms with Crippen LogP contribution in [0.15, 0.2) is 37.0 Å². The van der Waals surface area contributed by atoms with Gasteiger partial charge in [0.15, 0.2) is 0 Å². The molecule has 0 aromatic carbocycles. The Morgan fingerprint density at radius 3 is 2.50 bits per heavy atom. The summed E-state index contributed by atoms with van der Waals surface area (Å²) in [7, 11) is 0. The topological polar surface area (TPSA) is 0 Å². The summed E-state index contributed by atoms with van der Waals surface area (Å²) in [5.74, 6) is 0. The van der Waals surface area contributed by atoms with Crippen LogP contribution < -0.4 is 0 Å². The van der Waals surface area contributed by atoms with Crippen molar-refractivity contribution in [3.8, 4) is 0 Å². The van der Waals surface area contributed by atoms with Gasteiger partial charge in [0.2, 0.25) is 0 Å². The van der Waals surface area contributed by atoms with Crippen LogP contribution in [0, 0.1) is 0 Å². The van der Waals surface area contributed by atoms with Crippen molar-refractivity contribution >= 4 is 0 Å². The molecule has 0 radical (unpaired) electrons. The van der Waals surface area contributed by atoms with Gasteiger partial charge in [-0.3, -0.25) is 4.39 Å². The van der Waals surface area contributed by atoms with Crippen molar-refractivity contribution in [2.45, 2.75) is 12.8 Å². The summed E-state index contributed by atoms with van der Waals surface area (Å²) in [6.45, 7) is 6.87. The smallest absolute Gasteiger partial charge is 0.0897 e. The highest BCUT2D eigenvalue weighted by Gasteiger charge is 1.89. The second-order valence-corrected chi connectivity index (χ2v) is 1.97. The third-order valence-electron chi connectivity index (χ3n) is 1.19. The van der Waals surface area contributed by atoms with Crippen LogP contribution in [0.5, 0.6) is 0 Å². The molecular weight excluding hydrogens is 127 g/mol. The van der Waals surface area contributed by atoms with Gasteiger partial charge in [-0.25, -0.2) is 0 Å². The molecule has 0 amide bonds. The first-order chi connectivity index (χ1) is 4.85. The predicted molar refractivity (Wildman–Crippen MR) is 43.7 cm³/mol. The van der Waals surface area contributed by atoms with Crippen LogP contribution in [0.3, 0.4) is 0 Å². The molecule has 0 unspecified atom stereocenters. The van der Waals surface area contributed by atoms with E-state index in [1.54, 1.807) is 12.2 Å². The quantitative estimate of drug-likeness (QED) is 0.515. The Kier molecular flexibility index (Phi) is 5.74. The molecule has 0 aliphatic heterocycles. The van der Waals surface area contributed by atoms with E-state index in [2.05, 4.69) is 13.2 Å². The maximum absolute atomic E-state index is 11.6. The van der Waals surface area contributed by atoms with Crippen molar-refractivity contribution in [1.82, 2.24) is 0 Å². The van der Waals surface area contributed by atoms with Gasteiger partial charge in [0.05, 0.1) is 6.67 Å². The zero-order valence-corrected chi connectivity index (χ0v) is 6.15. The van der Waals surface area contributed by atoms with Crippen LogP contribution >= 0.6 is 0 Å². The summed E-state index contributed by atoms with van der Waals surface area (Å²) in [5, 5.41) is 0. The summed E-state index contributed by atoms with van der Waals surface area (Å²) in [6, 6.07) is 0. The van der Waals surface area contributed by atoms with E-state index in [1.165, 1.54) is 0 Å². The standard InChI is InChI=1S/C9H13F/c1-3-6-9(4-2)7-5-8-10/h3-4,6H,1-2,5,7-8H2/b9-6+. The number of rotatable bonds is 5. The van der Waals surface area contributed by atoms with E-state index >= 15 is 0 Å². The van der Waals surface area contributed by atoms with E-state index in [0.29, 0.717) is 6.42 Å². The van der Waals surface area contributed by atoms with Gasteiger partial charge in [-0.2, -0.15) is 0 Å². The molecule has 0 rings (SSSR count). The maximum Gasteiger partial charge on any atom is 0.0897 e. The number of hydrogen-bond donors (Lipinski definition) is 0. The molecular formula is C9H13F. The second-order valence-electron chi connectivity index (χ2n) is 1.97. The molecule has 0 saturated carbocycles. The Balaban J connectivity index is 3.70. The highest BCUT2D eigenvalue weighted by atomic mass is 19.1. The van der Waals surface area contributed by atoms with Gasteiger partial charge in [0.25, 0.3) is 0 Å². The number of halogens is 1. The van der Waals surface area contributed by atoms with Gasteiger partial charge in [-0.05, 0) is 18.4 Å². The molecule has 0 spiro atoms. The average molecular weight is 140 g/mol. The highest BCUT2D eigenvalue weighted by molar-refractivity contribution is 5.20. The van der Waals surface area contributed by atoms with Crippen molar-refractivity contribution < 1.29 is 4.39 Å². The van der Waals surface area contributed by atoms with E-state index in [0.717, 1.165) is 12.0 Å². The normalized spacial score (nSPS) is 11.1. The highest BCUT2D eigenvalue weighted by Crippen LogP contribution is 2.05. The van der Waals surface area contributed by atoms with Gasteiger partial charge in [-0.15, -0.1) is 0 Å². The van der Waals surface area contributed by atoms with E-state index < -0.39 is 0 Å². The lowest BCUT2D eigenvalue weighted by Crippen LogP contribution is -1.80. The van der Waals surface area contributed by atoms with Gasteiger partial charge in [0.1, 0.15) is 0 Å². The molecule has 0 N–H and O–H groups in total. The first-order valence-corrected chi connectivity index (χ1v) is 3.35. The van der Waals surface area contributed by atoms with Crippen LogP contribution in [0.1, 0.15) is 12.8 Å². The molecule has 1 heteroatoms. The average Bonchev–Trinajstić information content (AvgIpc) is 1.98. The van der Waals surface area contributed by atoms with Crippen molar-refractivity contribution in [2.24, 2.45) is 0 Å². The van der Waals surface area contributed by atoms with Crippen molar-refractivity contribution in [1.29, 1.82) is 0 Å². The third-order valence-corrected chi connectivity index (χ3v) is 1.19. The summed E-state index contributed by atoms with van der Waals surface area (Å²) in [6.07, 6.45) is 6.60. The van der Waals surface area contributed by atoms with Crippen LogP contribution in [-0.4, -0.2) is 6.67 Å². The van der Waals surface area contributed by atoms with E-state index in [1.807, 2.05) is 6.08 Å². The lowest BCUT2D eigenvalue weighted by molar-refractivity contribution is 0.473. The molecule has 56 valence electrons. The molecule has 0 heterocycles. The monoisotopic (exact) mass is 140 g/mol. The molecule has 0 aromatic heterocycles. The van der Waals surface area contributed by atoms with Gasteiger partial charge >= 0.3 is 0 Å². The Bertz CT molecular complexity index is 134. The van der Waals surface area contributed by atoms with Crippen LogP contribution in [0.2, 0.25) is 0 Å². The van der Waals surface area contributed by atoms with Gasteiger partial charge < -0.3 is 0 Å². The fraction of sp³-hybridized carbons (Fsp3) is 0.333. The van der Waals surface area contributed by atoms with E-state index in [-0.39, 0.29) is 6.67 Å². The van der Waals surface area contributed by atoms with E-state index in [4.69, 9.17) is 0 Å². The molecule has 10 heavy (non-hydrogen) atoms. The van der Waals surface area contributed by atoms with E-state index in [9.17, 15) is 4.39 Å². The zero-order valence-electron chi connectivity index (χ0n) is 6.15. The molecule has 0 aliphatic carbocycles. The van der Waals surface area contributed by atoms with Crippen LogP contribution in [0.25, 0.3) is 0 Å². The van der Waals surface area contributed by atoms with Crippen molar-refractivity contribution in [3.05, 3.63) is 37.0 Å². The van der Waals surface area contributed by atoms with Gasteiger partial charge in [-0.1, -0.05) is 31.4 Å². The first-order valence-electron chi connectivity index (χ1n) is 3.35. The maximum atomic E-state index is 11.6. The van der Waals surface area contributed by atoms with Crippen LogP contribution in [-0.2, 0) is 0 Å². The minimum absolute atomic E-state index is 0.262. The molecule has 0 fully saturated rings. The summed E-state index contributed by atoms with van der Waals surface area (Å²) < 4.78 is 11.6. The minimum atomic E-state index is -0.262. The second kappa shape index (κ2) is 6.27. The van der Waals surface area contributed by atoms with Crippen LogP contribution in [0.4, 0.5) is 4.39 Å². The molecule has 0 aromatic rings. The number of hydrogen-bond acceptors (Lipinski definition) is 0. The lowest BCUT2D eigenvalue weighted by Gasteiger charge is -1.95. The minimum Gasteiger partial charge on any atom is -0.251 e. The molecule has 0 saturated heterocycles. The largest absolute Gasteiger partial charge is 0.251 e. The fourth-order valence-electron chi connectivity index (χ4n) is 0.676. The zero-order chi connectivity index (χ0) is 7.82. The number of allylic oxidation sites excluding steroid dienone is 4. The molecule has 0 nitrogen and oxygen atoms in total. The van der Waals surface area contributed by atoms with Crippen molar-refractivity contribution in [3.63, 3.8) is 0 Å². The number of alkyl halides is 1. The first kappa shape index (κ1) is 9.15. The Labute approximate surface area is 61.8 Å². The molecule has 0 aliphatic rings. The Hall–Kier alpha value is -0.850. The SMILES string of the molecule is C=C/C=C(\C=C)CCCF. The van der Waals surface area contributed by atoms with Gasteiger partial charge in [0, 0.05) is 0 Å². The van der Waals surface area contributed by atoms with Crippen molar-refractivity contribution in [2.75, 3.05) is 6.67 Å². The fourth-order valence-corrected chi connectivity index (χ4v) is 0.676. The third kappa shape index (κ3) is 4.07. The molecule has 0 atom stereocenters. The lowest BCUT2D eigenvalue weighted by atomic mass is 10.1. The Morgan fingerprint density at radius 1 is 1.40 bits per heavy atom. The Morgan fingerprint density at radius 2 is 2.10 bits per heavy atom. The summed E-state index contributed by atoms with van der Waals surface area (Å²) in [4.78, 5) is 0. The summed E-state index contributed by atoms with van der Waals surface area (Å²) >= 11 is 0. The molecule has 0 bridgehead atoms. The predicted octanol–water partition coefficient (Wildman–Crippen LogP) is 3.03. The summed E-state index contributed by atoms with van der Waals surface area (Å²) in [5.41, 5.74) is 1.05.